The summed E-state index contributed by atoms with van der Waals surface area (Å²) in [6, 6.07) is 3.88. The van der Waals surface area contributed by atoms with E-state index in [2.05, 4.69) is 9.97 Å². The van der Waals surface area contributed by atoms with Crippen molar-refractivity contribution < 1.29 is 9.13 Å². The minimum atomic E-state index is -0.695. The van der Waals surface area contributed by atoms with Gasteiger partial charge in [-0.15, -0.1) is 0 Å². The van der Waals surface area contributed by atoms with Crippen molar-refractivity contribution in [1.29, 1.82) is 0 Å². The molecule has 1 aromatic carbocycles. The van der Waals surface area contributed by atoms with Crippen molar-refractivity contribution in [1.82, 2.24) is 9.97 Å². The van der Waals surface area contributed by atoms with Crippen LogP contribution in [0.3, 0.4) is 0 Å². The van der Waals surface area contributed by atoms with Gasteiger partial charge < -0.3 is 10.5 Å². The van der Waals surface area contributed by atoms with E-state index >= 15 is 0 Å². The zero-order valence-electron chi connectivity index (χ0n) is 9.30. The fraction of sp³-hybridized carbons (Fsp3) is 0.167. The standard InChI is InChI=1S/C12H12FN3O/c1-17-10-4-2-3-8(13)11(10)12(14)9-7-15-5-6-16-9/h2-7,12H,14H2,1H3. The first kappa shape index (κ1) is 11.5. The number of aromatic nitrogens is 2. The lowest BCUT2D eigenvalue weighted by Gasteiger charge is -2.15. The number of hydrogen-bond donors (Lipinski definition) is 1. The van der Waals surface area contributed by atoms with Crippen molar-refractivity contribution in [2.24, 2.45) is 5.73 Å². The molecular formula is C12H12FN3O. The summed E-state index contributed by atoms with van der Waals surface area (Å²) in [5, 5.41) is 0. The molecule has 0 aliphatic rings. The lowest BCUT2D eigenvalue weighted by molar-refractivity contribution is 0.401. The van der Waals surface area contributed by atoms with Crippen LogP contribution in [-0.2, 0) is 0 Å². The van der Waals surface area contributed by atoms with Gasteiger partial charge in [-0.3, -0.25) is 9.97 Å². The first-order valence-corrected chi connectivity index (χ1v) is 5.08. The Kier molecular flexibility index (Phi) is 3.30. The highest BCUT2D eigenvalue weighted by molar-refractivity contribution is 5.40. The van der Waals surface area contributed by atoms with E-state index in [1.807, 2.05) is 0 Å². The average Bonchev–Trinajstić information content (AvgIpc) is 2.38. The Hall–Kier alpha value is -2.01. The van der Waals surface area contributed by atoms with E-state index in [0.29, 0.717) is 11.4 Å². The van der Waals surface area contributed by atoms with Crippen molar-refractivity contribution in [3.8, 4) is 5.75 Å². The molecule has 0 bridgehead atoms. The van der Waals surface area contributed by atoms with Crippen LogP contribution >= 0.6 is 0 Å². The van der Waals surface area contributed by atoms with Gasteiger partial charge in [0.05, 0.1) is 30.6 Å². The van der Waals surface area contributed by atoms with E-state index in [0.717, 1.165) is 0 Å². The van der Waals surface area contributed by atoms with Crippen LogP contribution in [0.1, 0.15) is 17.3 Å². The summed E-state index contributed by atoms with van der Waals surface area (Å²) < 4.78 is 18.9. The molecule has 1 unspecified atom stereocenters. The molecule has 1 aromatic heterocycles. The van der Waals surface area contributed by atoms with Gasteiger partial charge >= 0.3 is 0 Å². The molecular weight excluding hydrogens is 221 g/mol. The Morgan fingerprint density at radius 1 is 1.35 bits per heavy atom. The summed E-state index contributed by atoms with van der Waals surface area (Å²) in [5.74, 6) is -0.00865. The molecule has 0 spiro atoms. The second kappa shape index (κ2) is 4.88. The van der Waals surface area contributed by atoms with Crippen molar-refractivity contribution in [2.45, 2.75) is 6.04 Å². The van der Waals surface area contributed by atoms with E-state index < -0.39 is 11.9 Å². The number of hydrogen-bond acceptors (Lipinski definition) is 4. The lowest BCUT2D eigenvalue weighted by Crippen LogP contribution is -2.16. The van der Waals surface area contributed by atoms with Crippen LogP contribution in [0.2, 0.25) is 0 Å². The zero-order valence-corrected chi connectivity index (χ0v) is 9.30. The molecule has 0 aliphatic heterocycles. The molecule has 4 nitrogen and oxygen atoms in total. The lowest BCUT2D eigenvalue weighted by atomic mass is 10.0. The summed E-state index contributed by atoms with van der Waals surface area (Å²) in [6.07, 6.45) is 4.56. The Balaban J connectivity index is 2.47. The van der Waals surface area contributed by atoms with E-state index in [-0.39, 0.29) is 5.56 Å². The molecule has 88 valence electrons. The van der Waals surface area contributed by atoms with Gasteiger partial charge in [0.15, 0.2) is 0 Å². The first-order valence-electron chi connectivity index (χ1n) is 5.08. The molecule has 2 rings (SSSR count). The molecule has 1 atom stereocenters. The first-order chi connectivity index (χ1) is 8.24. The Morgan fingerprint density at radius 2 is 2.18 bits per heavy atom. The number of nitrogens with two attached hydrogens (primary N) is 1. The number of methoxy groups -OCH3 is 1. The molecule has 0 saturated heterocycles. The Morgan fingerprint density at radius 3 is 2.82 bits per heavy atom. The molecule has 2 aromatic rings. The average molecular weight is 233 g/mol. The third-order valence-electron chi connectivity index (χ3n) is 2.45. The van der Waals surface area contributed by atoms with Crippen LogP contribution in [0, 0.1) is 5.82 Å². The molecule has 0 aliphatic carbocycles. The molecule has 0 fully saturated rings. The predicted octanol–water partition coefficient (Wildman–Crippen LogP) is 1.67. The third kappa shape index (κ3) is 2.24. The van der Waals surface area contributed by atoms with Crippen molar-refractivity contribution in [2.75, 3.05) is 7.11 Å². The monoisotopic (exact) mass is 233 g/mol. The Labute approximate surface area is 98.3 Å². The molecule has 1 heterocycles. The normalized spacial score (nSPS) is 12.2. The van der Waals surface area contributed by atoms with E-state index in [9.17, 15) is 4.39 Å². The van der Waals surface area contributed by atoms with Gasteiger partial charge in [0.2, 0.25) is 0 Å². The van der Waals surface area contributed by atoms with Crippen LogP contribution in [0.4, 0.5) is 4.39 Å². The molecule has 17 heavy (non-hydrogen) atoms. The van der Waals surface area contributed by atoms with Gasteiger partial charge in [0.1, 0.15) is 11.6 Å². The van der Waals surface area contributed by atoms with Crippen LogP contribution < -0.4 is 10.5 Å². The molecule has 0 amide bonds. The van der Waals surface area contributed by atoms with Crippen LogP contribution in [0.15, 0.2) is 36.8 Å². The summed E-state index contributed by atoms with van der Waals surface area (Å²) in [6.45, 7) is 0. The van der Waals surface area contributed by atoms with E-state index in [1.54, 1.807) is 12.1 Å². The summed E-state index contributed by atoms with van der Waals surface area (Å²) in [4.78, 5) is 7.97. The second-order valence-electron chi connectivity index (χ2n) is 3.46. The fourth-order valence-corrected chi connectivity index (χ4v) is 1.62. The minimum absolute atomic E-state index is 0.288. The van der Waals surface area contributed by atoms with Gasteiger partial charge in [-0.25, -0.2) is 4.39 Å². The fourth-order valence-electron chi connectivity index (χ4n) is 1.62. The molecule has 0 saturated carbocycles. The van der Waals surface area contributed by atoms with Crippen molar-refractivity contribution in [3.63, 3.8) is 0 Å². The minimum Gasteiger partial charge on any atom is -0.496 e. The SMILES string of the molecule is COc1cccc(F)c1C(N)c1cnccn1. The number of benzene rings is 1. The van der Waals surface area contributed by atoms with E-state index in [1.165, 1.54) is 31.8 Å². The van der Waals surface area contributed by atoms with Gasteiger partial charge in [0, 0.05) is 12.4 Å². The maximum atomic E-state index is 13.8. The van der Waals surface area contributed by atoms with Gasteiger partial charge in [0.25, 0.3) is 0 Å². The van der Waals surface area contributed by atoms with Crippen molar-refractivity contribution in [3.05, 3.63) is 53.9 Å². The largest absolute Gasteiger partial charge is 0.496 e. The Bertz CT molecular complexity index is 504. The highest BCUT2D eigenvalue weighted by Crippen LogP contribution is 2.29. The smallest absolute Gasteiger partial charge is 0.132 e. The number of nitrogens with zero attached hydrogens (tertiary/aromatic N) is 2. The number of rotatable bonds is 3. The maximum Gasteiger partial charge on any atom is 0.132 e. The van der Waals surface area contributed by atoms with Crippen molar-refractivity contribution >= 4 is 0 Å². The summed E-state index contributed by atoms with van der Waals surface area (Å²) in [5.41, 5.74) is 6.75. The summed E-state index contributed by atoms with van der Waals surface area (Å²) >= 11 is 0. The molecule has 5 heteroatoms. The van der Waals surface area contributed by atoms with Crippen LogP contribution in [0.5, 0.6) is 5.75 Å². The number of halogens is 1. The molecule has 2 N–H and O–H groups in total. The van der Waals surface area contributed by atoms with E-state index in [4.69, 9.17) is 10.5 Å². The van der Waals surface area contributed by atoms with Gasteiger partial charge in [-0.2, -0.15) is 0 Å². The van der Waals surface area contributed by atoms with Crippen LogP contribution in [0.25, 0.3) is 0 Å². The van der Waals surface area contributed by atoms with Crippen LogP contribution in [-0.4, -0.2) is 17.1 Å². The predicted molar refractivity (Wildman–Crippen MR) is 61.0 cm³/mol. The highest BCUT2D eigenvalue weighted by atomic mass is 19.1. The third-order valence-corrected chi connectivity index (χ3v) is 2.45. The molecule has 0 radical (unpaired) electrons. The van der Waals surface area contributed by atoms with Gasteiger partial charge in [-0.05, 0) is 12.1 Å². The summed E-state index contributed by atoms with van der Waals surface area (Å²) in [7, 11) is 1.47. The topological polar surface area (TPSA) is 61.0 Å². The number of ether oxygens (including phenoxy) is 1. The highest BCUT2D eigenvalue weighted by Gasteiger charge is 2.19. The maximum absolute atomic E-state index is 13.8. The van der Waals surface area contributed by atoms with Gasteiger partial charge in [-0.1, -0.05) is 6.07 Å². The quantitative estimate of drug-likeness (QED) is 0.876. The zero-order chi connectivity index (χ0) is 12.3. The second-order valence-corrected chi connectivity index (χ2v) is 3.46.